The number of amides is 2. The van der Waals surface area contributed by atoms with Gasteiger partial charge in [-0.3, -0.25) is 9.59 Å². The summed E-state index contributed by atoms with van der Waals surface area (Å²) in [5, 5.41) is 0.307. The molecule has 0 unspecified atom stereocenters. The summed E-state index contributed by atoms with van der Waals surface area (Å²) >= 11 is 5.82. The van der Waals surface area contributed by atoms with Crippen LogP contribution in [0.4, 0.5) is 4.39 Å². The number of nitrogens with zero attached hydrogens (tertiary/aromatic N) is 2. The molecule has 23 heavy (non-hydrogen) atoms. The Morgan fingerprint density at radius 3 is 2.30 bits per heavy atom. The summed E-state index contributed by atoms with van der Waals surface area (Å²) in [6.07, 6.45) is 1.44. The average Bonchev–Trinajstić information content (AvgIpc) is 3.10. The molecule has 1 saturated heterocycles. The number of furan rings is 1. The van der Waals surface area contributed by atoms with Crippen molar-refractivity contribution in [1.29, 1.82) is 0 Å². The van der Waals surface area contributed by atoms with Gasteiger partial charge in [-0.15, -0.1) is 0 Å². The lowest BCUT2D eigenvalue weighted by Gasteiger charge is -2.34. The van der Waals surface area contributed by atoms with Gasteiger partial charge in [0.15, 0.2) is 5.76 Å². The number of hydrogen-bond acceptors (Lipinski definition) is 3. The maximum Gasteiger partial charge on any atom is 0.289 e. The lowest BCUT2D eigenvalue weighted by Crippen LogP contribution is -2.50. The van der Waals surface area contributed by atoms with Crippen LogP contribution in [0.15, 0.2) is 41.0 Å². The van der Waals surface area contributed by atoms with Crippen molar-refractivity contribution >= 4 is 23.4 Å². The van der Waals surface area contributed by atoms with Crippen LogP contribution in [-0.2, 0) is 0 Å². The van der Waals surface area contributed by atoms with Crippen molar-refractivity contribution in [3.8, 4) is 0 Å². The van der Waals surface area contributed by atoms with E-state index in [1.165, 1.54) is 29.4 Å². The van der Waals surface area contributed by atoms with E-state index in [1.54, 1.807) is 17.0 Å². The van der Waals surface area contributed by atoms with E-state index >= 15 is 0 Å². The summed E-state index contributed by atoms with van der Waals surface area (Å²) < 4.78 is 18.9. The summed E-state index contributed by atoms with van der Waals surface area (Å²) in [4.78, 5) is 27.7. The lowest BCUT2D eigenvalue weighted by atomic mass is 10.1. The van der Waals surface area contributed by atoms with Crippen LogP contribution in [0.5, 0.6) is 0 Å². The van der Waals surface area contributed by atoms with Crippen molar-refractivity contribution in [2.45, 2.75) is 0 Å². The Kier molecular flexibility index (Phi) is 4.34. The first kappa shape index (κ1) is 15.6. The molecule has 2 aromatic rings. The topological polar surface area (TPSA) is 53.8 Å². The molecule has 120 valence electrons. The monoisotopic (exact) mass is 336 g/mol. The van der Waals surface area contributed by atoms with Crippen LogP contribution >= 0.6 is 11.6 Å². The molecule has 0 bridgehead atoms. The van der Waals surface area contributed by atoms with Gasteiger partial charge in [0, 0.05) is 31.2 Å². The minimum atomic E-state index is -0.603. The summed E-state index contributed by atoms with van der Waals surface area (Å²) in [6.45, 7) is 1.40. The molecule has 5 nitrogen and oxygen atoms in total. The molecule has 1 aliphatic heterocycles. The van der Waals surface area contributed by atoms with Gasteiger partial charge in [0.1, 0.15) is 5.82 Å². The summed E-state index contributed by atoms with van der Waals surface area (Å²) in [6, 6.07) is 7.13. The van der Waals surface area contributed by atoms with Crippen molar-refractivity contribution in [3.63, 3.8) is 0 Å². The third kappa shape index (κ3) is 3.22. The molecular weight excluding hydrogens is 323 g/mol. The highest BCUT2D eigenvalue weighted by Gasteiger charge is 2.27. The smallest absolute Gasteiger partial charge is 0.289 e. The summed E-state index contributed by atoms with van der Waals surface area (Å²) in [5.74, 6) is -0.967. The van der Waals surface area contributed by atoms with E-state index < -0.39 is 11.7 Å². The largest absolute Gasteiger partial charge is 0.459 e. The zero-order valence-corrected chi connectivity index (χ0v) is 12.9. The number of benzene rings is 1. The highest BCUT2D eigenvalue weighted by Crippen LogP contribution is 2.18. The second kappa shape index (κ2) is 6.42. The highest BCUT2D eigenvalue weighted by molar-refractivity contribution is 6.31. The molecule has 1 aromatic carbocycles. The summed E-state index contributed by atoms with van der Waals surface area (Å²) in [7, 11) is 0. The predicted molar refractivity (Wildman–Crippen MR) is 81.9 cm³/mol. The van der Waals surface area contributed by atoms with Crippen LogP contribution in [0.3, 0.4) is 0 Å². The molecule has 0 N–H and O–H groups in total. The van der Waals surface area contributed by atoms with Gasteiger partial charge < -0.3 is 14.2 Å². The van der Waals surface area contributed by atoms with E-state index in [0.29, 0.717) is 31.2 Å². The molecule has 2 amide bonds. The van der Waals surface area contributed by atoms with Crippen molar-refractivity contribution in [2.75, 3.05) is 26.2 Å². The second-order valence-corrected chi connectivity index (χ2v) is 5.62. The van der Waals surface area contributed by atoms with Gasteiger partial charge in [0.05, 0.1) is 11.8 Å². The number of carbonyl (C=O) groups is 2. The lowest BCUT2D eigenvalue weighted by molar-refractivity contribution is 0.0515. The molecule has 0 radical (unpaired) electrons. The quantitative estimate of drug-likeness (QED) is 0.847. The summed E-state index contributed by atoms with van der Waals surface area (Å²) in [5.41, 5.74) is -0.0525. The van der Waals surface area contributed by atoms with Gasteiger partial charge in [0.2, 0.25) is 0 Å². The van der Waals surface area contributed by atoms with E-state index in [2.05, 4.69) is 0 Å². The Hall–Kier alpha value is -2.34. The van der Waals surface area contributed by atoms with Gasteiger partial charge in [-0.05, 0) is 30.3 Å². The van der Waals surface area contributed by atoms with Gasteiger partial charge >= 0.3 is 0 Å². The van der Waals surface area contributed by atoms with Gasteiger partial charge in [-0.25, -0.2) is 4.39 Å². The van der Waals surface area contributed by atoms with E-state index in [9.17, 15) is 14.0 Å². The normalized spacial score (nSPS) is 14.9. The number of halogens is 2. The van der Waals surface area contributed by atoms with Crippen LogP contribution in [0, 0.1) is 5.82 Å². The molecule has 0 atom stereocenters. The zero-order valence-electron chi connectivity index (χ0n) is 12.2. The van der Waals surface area contributed by atoms with E-state index in [0.717, 1.165) is 0 Å². The van der Waals surface area contributed by atoms with E-state index in [1.807, 2.05) is 0 Å². The highest BCUT2D eigenvalue weighted by atomic mass is 35.5. The number of carbonyl (C=O) groups excluding carboxylic acids is 2. The van der Waals surface area contributed by atoms with Crippen LogP contribution in [0.25, 0.3) is 0 Å². The molecule has 7 heteroatoms. The first-order chi connectivity index (χ1) is 11.1. The minimum Gasteiger partial charge on any atom is -0.459 e. The van der Waals surface area contributed by atoms with Crippen LogP contribution in [0.1, 0.15) is 20.9 Å². The van der Waals surface area contributed by atoms with Crippen LogP contribution < -0.4 is 0 Å². The Morgan fingerprint density at radius 2 is 1.70 bits per heavy atom. The first-order valence-electron chi connectivity index (χ1n) is 7.13. The predicted octanol–water partition coefficient (Wildman–Crippen LogP) is 2.67. The van der Waals surface area contributed by atoms with E-state index in [4.69, 9.17) is 16.0 Å². The fourth-order valence-corrected chi connectivity index (χ4v) is 2.67. The van der Waals surface area contributed by atoms with Gasteiger partial charge in [0.25, 0.3) is 11.8 Å². The third-order valence-corrected chi connectivity index (χ3v) is 3.98. The molecule has 0 spiro atoms. The molecule has 3 rings (SSSR count). The fourth-order valence-electron chi connectivity index (χ4n) is 2.50. The number of hydrogen-bond donors (Lipinski definition) is 0. The Bertz CT molecular complexity index is 725. The third-order valence-electron chi connectivity index (χ3n) is 3.74. The molecule has 0 aliphatic carbocycles. The van der Waals surface area contributed by atoms with Gasteiger partial charge in [-0.2, -0.15) is 0 Å². The minimum absolute atomic E-state index is 0.0525. The van der Waals surface area contributed by atoms with Crippen molar-refractivity contribution in [3.05, 3.63) is 58.8 Å². The fraction of sp³-hybridized carbons (Fsp3) is 0.250. The van der Waals surface area contributed by atoms with Crippen LogP contribution in [-0.4, -0.2) is 47.8 Å². The number of piperazine rings is 1. The van der Waals surface area contributed by atoms with Crippen molar-refractivity contribution in [2.24, 2.45) is 0 Å². The first-order valence-corrected chi connectivity index (χ1v) is 7.51. The van der Waals surface area contributed by atoms with Crippen molar-refractivity contribution in [1.82, 2.24) is 9.80 Å². The average molecular weight is 337 g/mol. The molecular formula is C16H14ClFN2O3. The maximum atomic E-state index is 13.8. The Balaban J connectivity index is 1.66. The molecule has 0 saturated carbocycles. The van der Waals surface area contributed by atoms with Crippen molar-refractivity contribution < 1.29 is 18.4 Å². The van der Waals surface area contributed by atoms with E-state index in [-0.39, 0.29) is 17.2 Å². The SMILES string of the molecule is O=C(c1ccco1)N1CCN(C(=O)c2cc(Cl)ccc2F)CC1. The Morgan fingerprint density at radius 1 is 1.04 bits per heavy atom. The maximum absolute atomic E-state index is 13.8. The van der Waals surface area contributed by atoms with Gasteiger partial charge in [-0.1, -0.05) is 11.6 Å². The van der Waals surface area contributed by atoms with Crippen LogP contribution in [0.2, 0.25) is 5.02 Å². The molecule has 1 fully saturated rings. The standard InChI is InChI=1S/C16H14ClFN2O3/c17-11-3-4-13(18)12(10-11)15(21)19-5-7-20(8-6-19)16(22)14-2-1-9-23-14/h1-4,9-10H,5-8H2. The number of rotatable bonds is 2. The Labute approximate surface area is 137 Å². The molecule has 1 aromatic heterocycles. The second-order valence-electron chi connectivity index (χ2n) is 5.19. The molecule has 1 aliphatic rings. The zero-order chi connectivity index (χ0) is 16.4. The molecule has 2 heterocycles.